The van der Waals surface area contributed by atoms with Crippen LogP contribution in [-0.4, -0.2) is 52.9 Å². The molecule has 0 aliphatic carbocycles. The largest absolute Gasteiger partial charge is 0.459 e. The van der Waals surface area contributed by atoms with E-state index in [1.54, 1.807) is 29.4 Å². The zero-order chi connectivity index (χ0) is 20.2. The van der Waals surface area contributed by atoms with E-state index in [-0.39, 0.29) is 11.8 Å². The zero-order valence-corrected chi connectivity index (χ0v) is 16.0. The van der Waals surface area contributed by atoms with Crippen molar-refractivity contribution in [2.45, 2.75) is 6.92 Å². The smallest absolute Gasteiger partial charge is 0.289 e. The molecule has 0 unspecified atom stereocenters. The molecule has 0 spiro atoms. The molecule has 0 saturated carbocycles. The summed E-state index contributed by atoms with van der Waals surface area (Å²) in [6.07, 6.45) is 4.96. The number of nitrogens with one attached hydrogen (secondary N) is 1. The predicted octanol–water partition coefficient (Wildman–Crippen LogP) is 2.66. The van der Waals surface area contributed by atoms with Crippen LogP contribution in [0.25, 0.3) is 11.3 Å². The van der Waals surface area contributed by atoms with E-state index in [0.717, 1.165) is 22.8 Å². The van der Waals surface area contributed by atoms with Crippen LogP contribution in [-0.2, 0) is 4.79 Å². The van der Waals surface area contributed by atoms with Crippen LogP contribution in [0.5, 0.6) is 0 Å². The minimum Gasteiger partial charge on any atom is -0.459 e. The second kappa shape index (κ2) is 8.14. The number of furan rings is 1. The summed E-state index contributed by atoms with van der Waals surface area (Å²) >= 11 is 0. The molecule has 3 heterocycles. The number of amides is 2. The first-order valence-electron chi connectivity index (χ1n) is 9.38. The molecule has 0 radical (unpaired) electrons. The maximum absolute atomic E-state index is 12.4. The first-order chi connectivity index (χ1) is 14.1. The van der Waals surface area contributed by atoms with Gasteiger partial charge in [-0.25, -0.2) is 4.98 Å². The van der Waals surface area contributed by atoms with Gasteiger partial charge >= 0.3 is 0 Å². The molecule has 1 N–H and O–H groups in total. The van der Waals surface area contributed by atoms with Crippen molar-refractivity contribution in [3.63, 3.8) is 0 Å². The molecule has 3 aromatic rings. The number of piperazine rings is 1. The van der Waals surface area contributed by atoms with Crippen molar-refractivity contribution < 1.29 is 14.0 Å². The normalized spacial score (nSPS) is 14.0. The molecule has 8 nitrogen and oxygen atoms in total. The summed E-state index contributed by atoms with van der Waals surface area (Å²) in [5, 5.41) is 2.75. The lowest BCUT2D eigenvalue weighted by atomic mass is 10.1. The SMILES string of the molecule is CC(=O)Nc1ccc(-c2cncc(N3CCN(C(=O)c4ccco4)CC3)n2)cc1. The number of nitrogens with zero attached hydrogens (tertiary/aromatic N) is 4. The predicted molar refractivity (Wildman–Crippen MR) is 109 cm³/mol. The standard InChI is InChI=1S/C21H21N5O3/c1-15(27)23-17-6-4-16(5-7-17)18-13-22-14-20(24-18)25-8-10-26(11-9-25)21(28)19-3-2-12-29-19/h2-7,12-14H,8-11H2,1H3,(H,23,27). The Morgan fingerprint density at radius 2 is 1.79 bits per heavy atom. The van der Waals surface area contributed by atoms with E-state index in [1.807, 2.05) is 24.3 Å². The van der Waals surface area contributed by atoms with Crippen LogP contribution in [0, 0.1) is 0 Å². The fourth-order valence-corrected chi connectivity index (χ4v) is 3.27. The average molecular weight is 391 g/mol. The Morgan fingerprint density at radius 1 is 1.03 bits per heavy atom. The average Bonchev–Trinajstić information content (AvgIpc) is 3.28. The Labute approximate surface area is 168 Å². The minimum atomic E-state index is -0.107. The highest BCUT2D eigenvalue weighted by atomic mass is 16.3. The number of hydrogen-bond donors (Lipinski definition) is 1. The van der Waals surface area contributed by atoms with Gasteiger partial charge in [0.05, 0.1) is 24.4 Å². The van der Waals surface area contributed by atoms with Gasteiger partial charge in [0.25, 0.3) is 5.91 Å². The summed E-state index contributed by atoms with van der Waals surface area (Å²) in [5.74, 6) is 0.944. The molecule has 4 rings (SSSR count). The molecule has 1 aromatic carbocycles. The molecule has 2 aromatic heterocycles. The van der Waals surface area contributed by atoms with Gasteiger partial charge in [-0.2, -0.15) is 0 Å². The van der Waals surface area contributed by atoms with Crippen molar-refractivity contribution in [3.05, 3.63) is 60.8 Å². The number of aromatic nitrogens is 2. The van der Waals surface area contributed by atoms with Gasteiger partial charge < -0.3 is 19.5 Å². The third kappa shape index (κ3) is 4.26. The van der Waals surface area contributed by atoms with Gasteiger partial charge in [-0.3, -0.25) is 14.6 Å². The van der Waals surface area contributed by atoms with Gasteiger partial charge in [-0.05, 0) is 24.3 Å². The van der Waals surface area contributed by atoms with Gasteiger partial charge in [0.15, 0.2) is 5.76 Å². The van der Waals surface area contributed by atoms with Gasteiger partial charge in [0.2, 0.25) is 5.91 Å². The second-order valence-electron chi connectivity index (χ2n) is 6.78. The van der Waals surface area contributed by atoms with Crippen molar-refractivity contribution >= 4 is 23.3 Å². The highest BCUT2D eigenvalue weighted by Crippen LogP contribution is 2.22. The van der Waals surface area contributed by atoms with E-state index in [1.165, 1.54) is 13.2 Å². The van der Waals surface area contributed by atoms with Crippen molar-refractivity contribution in [1.82, 2.24) is 14.9 Å². The second-order valence-corrected chi connectivity index (χ2v) is 6.78. The van der Waals surface area contributed by atoms with Crippen LogP contribution in [0.1, 0.15) is 17.5 Å². The van der Waals surface area contributed by atoms with Crippen LogP contribution in [0.3, 0.4) is 0 Å². The number of benzene rings is 1. The van der Waals surface area contributed by atoms with Crippen LogP contribution in [0.2, 0.25) is 0 Å². The molecule has 1 aliphatic heterocycles. The summed E-state index contributed by atoms with van der Waals surface area (Å²) in [4.78, 5) is 36.5. The van der Waals surface area contributed by atoms with Crippen LogP contribution in [0.4, 0.5) is 11.5 Å². The van der Waals surface area contributed by atoms with E-state index in [9.17, 15) is 9.59 Å². The molecule has 0 bridgehead atoms. The fourth-order valence-electron chi connectivity index (χ4n) is 3.27. The lowest BCUT2D eigenvalue weighted by Gasteiger charge is -2.34. The monoisotopic (exact) mass is 391 g/mol. The van der Waals surface area contributed by atoms with Gasteiger partial charge in [-0.1, -0.05) is 12.1 Å². The van der Waals surface area contributed by atoms with Crippen molar-refractivity contribution in [2.75, 3.05) is 36.4 Å². The third-order valence-electron chi connectivity index (χ3n) is 4.75. The lowest BCUT2D eigenvalue weighted by Crippen LogP contribution is -2.49. The van der Waals surface area contributed by atoms with Crippen molar-refractivity contribution in [3.8, 4) is 11.3 Å². The van der Waals surface area contributed by atoms with E-state index >= 15 is 0 Å². The van der Waals surface area contributed by atoms with Crippen LogP contribution in [0.15, 0.2) is 59.5 Å². The lowest BCUT2D eigenvalue weighted by molar-refractivity contribution is -0.114. The Bertz CT molecular complexity index is 993. The van der Waals surface area contributed by atoms with Crippen LogP contribution < -0.4 is 10.2 Å². The molecule has 1 aliphatic rings. The van der Waals surface area contributed by atoms with Gasteiger partial charge in [-0.15, -0.1) is 0 Å². The molecule has 2 amide bonds. The molecule has 1 fully saturated rings. The van der Waals surface area contributed by atoms with Crippen molar-refractivity contribution in [2.24, 2.45) is 0 Å². The van der Waals surface area contributed by atoms with E-state index in [2.05, 4.69) is 15.2 Å². The summed E-state index contributed by atoms with van der Waals surface area (Å²) < 4.78 is 5.20. The number of carbonyl (C=O) groups excluding carboxylic acids is 2. The minimum absolute atomic E-state index is 0.0891. The highest BCUT2D eigenvalue weighted by molar-refractivity contribution is 5.91. The zero-order valence-electron chi connectivity index (χ0n) is 16.0. The summed E-state index contributed by atoms with van der Waals surface area (Å²) in [7, 11) is 0. The molecule has 1 saturated heterocycles. The highest BCUT2D eigenvalue weighted by Gasteiger charge is 2.24. The third-order valence-corrected chi connectivity index (χ3v) is 4.75. The van der Waals surface area contributed by atoms with Crippen molar-refractivity contribution in [1.29, 1.82) is 0 Å². The quantitative estimate of drug-likeness (QED) is 0.735. The van der Waals surface area contributed by atoms with Gasteiger partial charge in [0.1, 0.15) is 5.82 Å². The Morgan fingerprint density at radius 3 is 2.45 bits per heavy atom. The maximum Gasteiger partial charge on any atom is 0.289 e. The molecular weight excluding hydrogens is 370 g/mol. The molecule has 8 heteroatoms. The van der Waals surface area contributed by atoms with Crippen LogP contribution >= 0.6 is 0 Å². The Hall–Kier alpha value is -3.68. The summed E-state index contributed by atoms with van der Waals surface area (Å²) in [5.41, 5.74) is 2.41. The molecule has 0 atom stereocenters. The Balaban J connectivity index is 1.43. The first kappa shape index (κ1) is 18.7. The maximum atomic E-state index is 12.4. The van der Waals surface area contributed by atoms with E-state index < -0.39 is 0 Å². The van der Waals surface area contributed by atoms with E-state index in [4.69, 9.17) is 9.40 Å². The summed E-state index contributed by atoms with van der Waals surface area (Å²) in [6, 6.07) is 10.9. The topological polar surface area (TPSA) is 91.6 Å². The van der Waals surface area contributed by atoms with E-state index in [0.29, 0.717) is 31.9 Å². The first-order valence-corrected chi connectivity index (χ1v) is 9.38. The summed E-state index contributed by atoms with van der Waals surface area (Å²) in [6.45, 7) is 4.01. The fraction of sp³-hybridized carbons (Fsp3) is 0.238. The number of hydrogen-bond acceptors (Lipinski definition) is 6. The number of rotatable bonds is 4. The Kier molecular flexibility index (Phi) is 5.24. The molecular formula is C21H21N5O3. The van der Waals surface area contributed by atoms with Gasteiger partial charge in [0, 0.05) is 44.4 Å². The number of anilines is 2. The molecule has 29 heavy (non-hydrogen) atoms. The number of carbonyl (C=O) groups is 2. The molecule has 148 valence electrons.